The van der Waals surface area contributed by atoms with Crippen LogP contribution in [0, 0.1) is 6.92 Å². The van der Waals surface area contributed by atoms with Gasteiger partial charge in [-0.2, -0.15) is 0 Å². The van der Waals surface area contributed by atoms with Crippen LogP contribution in [-0.2, 0) is 17.8 Å². The van der Waals surface area contributed by atoms with Crippen molar-refractivity contribution in [2.75, 3.05) is 7.11 Å². The van der Waals surface area contributed by atoms with Crippen molar-refractivity contribution in [3.8, 4) is 5.75 Å². The van der Waals surface area contributed by atoms with Crippen LogP contribution in [0.5, 0.6) is 5.75 Å². The van der Waals surface area contributed by atoms with Gasteiger partial charge in [0.05, 0.1) is 7.11 Å². The van der Waals surface area contributed by atoms with Gasteiger partial charge in [0, 0.05) is 35.6 Å². The van der Waals surface area contributed by atoms with Gasteiger partial charge in [-0.25, -0.2) is 0 Å². The van der Waals surface area contributed by atoms with E-state index in [0.717, 1.165) is 24.1 Å². The zero-order valence-corrected chi connectivity index (χ0v) is 16.1. The third-order valence-electron chi connectivity index (χ3n) is 4.49. The van der Waals surface area contributed by atoms with Gasteiger partial charge in [-0.1, -0.05) is 56.2 Å². The summed E-state index contributed by atoms with van der Waals surface area (Å²) in [5, 5.41) is 1.40. The smallest absolute Gasteiger partial charge is 0.124 e. The molecule has 0 saturated heterocycles. The average molecular weight is 351 g/mol. The zero-order chi connectivity index (χ0) is 18.8. The number of rotatable bonds is 7. The Bertz CT molecular complexity index is 820. The molecule has 1 heterocycles. The summed E-state index contributed by atoms with van der Waals surface area (Å²) in [7, 11) is 1.60. The molecule has 0 spiro atoms. The number of carbonyl (C=O) groups excluding carboxylic acids is 1. The van der Waals surface area contributed by atoms with E-state index in [0.29, 0.717) is 6.42 Å². The van der Waals surface area contributed by atoms with Crippen molar-refractivity contribution in [1.29, 1.82) is 0 Å². The van der Waals surface area contributed by atoms with Gasteiger partial charge in [0.2, 0.25) is 0 Å². The standard InChI is InChI=1S/C14H19N.C9H10O2/c1-3-4-7-10-15-11-12(2)13-8-5-6-9-14(13)15;1-11-9-5-3-2-4-8(9)6-7-10/h5-6,8-9,11H,3-4,7,10H2,1-2H3;2-5,7H,6H2,1H3. The number of aryl methyl sites for hydroxylation is 2. The van der Waals surface area contributed by atoms with Crippen LogP contribution in [0.3, 0.4) is 0 Å². The topological polar surface area (TPSA) is 31.2 Å². The fraction of sp³-hybridized carbons (Fsp3) is 0.348. The minimum atomic E-state index is 0.421. The Morgan fingerprint density at radius 1 is 1.04 bits per heavy atom. The van der Waals surface area contributed by atoms with Gasteiger partial charge < -0.3 is 14.1 Å². The Morgan fingerprint density at radius 2 is 1.77 bits per heavy atom. The average Bonchev–Trinajstić information content (AvgIpc) is 3.00. The lowest BCUT2D eigenvalue weighted by molar-refractivity contribution is -0.107. The molecule has 0 N–H and O–H groups in total. The number of para-hydroxylation sites is 2. The van der Waals surface area contributed by atoms with Crippen LogP contribution in [0.1, 0.15) is 37.3 Å². The molecule has 3 aromatic rings. The van der Waals surface area contributed by atoms with Gasteiger partial charge in [-0.15, -0.1) is 0 Å². The molecule has 2 aromatic carbocycles. The zero-order valence-electron chi connectivity index (χ0n) is 16.1. The van der Waals surface area contributed by atoms with E-state index >= 15 is 0 Å². The predicted octanol–water partition coefficient (Wildman–Crippen LogP) is 5.58. The molecule has 0 atom stereocenters. The van der Waals surface area contributed by atoms with Gasteiger partial charge in [0.25, 0.3) is 0 Å². The van der Waals surface area contributed by atoms with E-state index < -0.39 is 0 Å². The van der Waals surface area contributed by atoms with E-state index in [1.54, 1.807) is 7.11 Å². The van der Waals surface area contributed by atoms with E-state index in [1.807, 2.05) is 24.3 Å². The largest absolute Gasteiger partial charge is 0.496 e. The van der Waals surface area contributed by atoms with Gasteiger partial charge in [0.15, 0.2) is 0 Å². The van der Waals surface area contributed by atoms with Crippen LogP contribution in [0.2, 0.25) is 0 Å². The van der Waals surface area contributed by atoms with Gasteiger partial charge in [-0.05, 0) is 31.0 Å². The van der Waals surface area contributed by atoms with Crippen molar-refractivity contribution < 1.29 is 9.53 Å². The number of aromatic nitrogens is 1. The third-order valence-corrected chi connectivity index (χ3v) is 4.49. The summed E-state index contributed by atoms with van der Waals surface area (Å²) in [5.41, 5.74) is 3.71. The lowest BCUT2D eigenvalue weighted by atomic mass is 10.1. The molecule has 0 unspecified atom stereocenters. The number of aldehydes is 1. The fourth-order valence-corrected chi connectivity index (χ4v) is 3.11. The number of unbranched alkanes of at least 4 members (excludes halogenated alkanes) is 2. The summed E-state index contributed by atoms with van der Waals surface area (Å²) in [6.07, 6.45) is 7.47. The van der Waals surface area contributed by atoms with E-state index in [4.69, 9.17) is 4.74 Å². The number of carbonyl (C=O) groups is 1. The molecule has 0 saturated carbocycles. The summed E-state index contributed by atoms with van der Waals surface area (Å²) < 4.78 is 7.43. The first-order chi connectivity index (χ1) is 12.7. The first-order valence-electron chi connectivity index (χ1n) is 9.31. The Labute approximate surface area is 156 Å². The predicted molar refractivity (Wildman–Crippen MR) is 109 cm³/mol. The maximum Gasteiger partial charge on any atom is 0.124 e. The Kier molecular flexibility index (Phi) is 7.94. The Morgan fingerprint density at radius 3 is 2.50 bits per heavy atom. The van der Waals surface area contributed by atoms with E-state index in [1.165, 1.54) is 35.7 Å². The van der Waals surface area contributed by atoms with Gasteiger partial charge >= 0.3 is 0 Å². The molecule has 0 bridgehead atoms. The maximum atomic E-state index is 10.2. The number of ether oxygens (including phenoxy) is 1. The maximum absolute atomic E-state index is 10.2. The van der Waals surface area contributed by atoms with Crippen molar-refractivity contribution in [3.63, 3.8) is 0 Å². The van der Waals surface area contributed by atoms with Crippen LogP contribution >= 0.6 is 0 Å². The van der Waals surface area contributed by atoms with Crippen LogP contribution in [0.25, 0.3) is 10.9 Å². The molecule has 0 amide bonds. The first-order valence-corrected chi connectivity index (χ1v) is 9.31. The van der Waals surface area contributed by atoms with E-state index in [2.05, 4.69) is 48.9 Å². The van der Waals surface area contributed by atoms with Crippen molar-refractivity contribution in [2.24, 2.45) is 0 Å². The molecule has 3 heteroatoms. The van der Waals surface area contributed by atoms with Gasteiger partial charge in [-0.3, -0.25) is 0 Å². The quantitative estimate of drug-likeness (QED) is 0.411. The molecular formula is C23H29NO2. The molecule has 3 nitrogen and oxygen atoms in total. The number of fused-ring (bicyclic) bond motifs is 1. The number of hydrogen-bond acceptors (Lipinski definition) is 2. The van der Waals surface area contributed by atoms with Gasteiger partial charge in [0.1, 0.15) is 12.0 Å². The minimum absolute atomic E-state index is 0.421. The summed E-state index contributed by atoms with van der Waals surface area (Å²) in [4.78, 5) is 10.2. The van der Waals surface area contributed by atoms with Crippen LogP contribution < -0.4 is 4.74 Å². The highest BCUT2D eigenvalue weighted by Crippen LogP contribution is 2.20. The van der Waals surface area contributed by atoms with Crippen LogP contribution in [-0.4, -0.2) is 18.0 Å². The molecule has 0 radical (unpaired) electrons. The summed E-state index contributed by atoms with van der Waals surface area (Å²) in [6.45, 7) is 5.60. The highest BCUT2D eigenvalue weighted by Gasteiger charge is 2.03. The minimum Gasteiger partial charge on any atom is -0.496 e. The summed E-state index contributed by atoms with van der Waals surface area (Å²) in [5.74, 6) is 0.777. The number of hydrogen-bond donors (Lipinski definition) is 0. The van der Waals surface area contributed by atoms with Crippen molar-refractivity contribution in [1.82, 2.24) is 4.57 Å². The van der Waals surface area contributed by atoms with Crippen molar-refractivity contribution >= 4 is 17.2 Å². The molecule has 1 aromatic heterocycles. The lowest BCUT2D eigenvalue weighted by Gasteiger charge is -2.03. The molecule has 3 rings (SSSR count). The van der Waals surface area contributed by atoms with Crippen LogP contribution in [0.15, 0.2) is 54.7 Å². The SMILES string of the molecule is CCCCCn1cc(C)c2ccccc21.COc1ccccc1CC=O. The summed E-state index contributed by atoms with van der Waals surface area (Å²) >= 11 is 0. The summed E-state index contributed by atoms with van der Waals surface area (Å²) in [6, 6.07) is 16.2. The number of nitrogens with zero attached hydrogens (tertiary/aromatic N) is 1. The Balaban J connectivity index is 0.000000197. The molecule has 0 aliphatic rings. The molecule has 0 aliphatic heterocycles. The second-order valence-corrected chi connectivity index (χ2v) is 6.41. The second kappa shape index (κ2) is 10.4. The van der Waals surface area contributed by atoms with Crippen LogP contribution in [0.4, 0.5) is 0 Å². The van der Waals surface area contributed by atoms with Crippen molar-refractivity contribution in [3.05, 3.63) is 65.9 Å². The lowest BCUT2D eigenvalue weighted by Crippen LogP contribution is -1.95. The molecule has 26 heavy (non-hydrogen) atoms. The van der Waals surface area contributed by atoms with Crippen molar-refractivity contribution in [2.45, 2.75) is 46.1 Å². The van der Waals surface area contributed by atoms with E-state index in [9.17, 15) is 4.79 Å². The highest BCUT2D eigenvalue weighted by atomic mass is 16.5. The normalized spacial score (nSPS) is 10.3. The molecule has 138 valence electrons. The third kappa shape index (κ3) is 5.22. The number of benzene rings is 2. The Hall–Kier alpha value is -2.55. The highest BCUT2D eigenvalue weighted by molar-refractivity contribution is 5.83. The monoisotopic (exact) mass is 351 g/mol. The molecular weight excluding hydrogens is 322 g/mol. The molecule has 0 fully saturated rings. The first kappa shape index (κ1) is 19.8. The molecule has 0 aliphatic carbocycles. The fourth-order valence-electron chi connectivity index (χ4n) is 3.11. The van der Waals surface area contributed by atoms with E-state index in [-0.39, 0.29) is 0 Å². The second-order valence-electron chi connectivity index (χ2n) is 6.41. The number of methoxy groups -OCH3 is 1.